The number of aromatic hydroxyl groups is 1. The molecule has 3 aromatic rings. The molecule has 0 atom stereocenters. The van der Waals surface area contributed by atoms with E-state index in [9.17, 15) is 9.90 Å². The van der Waals surface area contributed by atoms with Crippen molar-refractivity contribution in [2.24, 2.45) is 5.41 Å². The lowest BCUT2D eigenvalue weighted by Gasteiger charge is -2.33. The maximum absolute atomic E-state index is 12.2. The van der Waals surface area contributed by atoms with Crippen LogP contribution < -0.4 is 0 Å². The summed E-state index contributed by atoms with van der Waals surface area (Å²) in [4.78, 5) is 13.7. The zero-order valence-corrected chi connectivity index (χ0v) is 19.5. The molecule has 0 bridgehead atoms. The predicted molar refractivity (Wildman–Crippen MR) is 126 cm³/mol. The zero-order chi connectivity index (χ0) is 23.0. The van der Waals surface area contributed by atoms with Crippen molar-refractivity contribution in [1.82, 2.24) is 15.0 Å². The lowest BCUT2D eigenvalue weighted by molar-refractivity contribution is -0.115. The molecule has 5 heteroatoms. The van der Waals surface area contributed by atoms with Crippen molar-refractivity contribution < 1.29 is 9.90 Å². The maximum Gasteiger partial charge on any atom is 0.158 e. The van der Waals surface area contributed by atoms with Crippen LogP contribution in [0, 0.1) is 5.41 Å². The number of Topliss-reactive ketones (excluding diaryl/α,β-unsaturated/α-hetero) is 1. The van der Waals surface area contributed by atoms with Gasteiger partial charge >= 0.3 is 0 Å². The number of phenols is 1. The van der Waals surface area contributed by atoms with Gasteiger partial charge in [-0.1, -0.05) is 59.4 Å². The van der Waals surface area contributed by atoms with Crippen LogP contribution in [0.1, 0.15) is 65.5 Å². The number of hydrogen-bond acceptors (Lipinski definition) is 4. The third-order valence-corrected chi connectivity index (χ3v) is 5.52. The molecule has 0 aliphatic carbocycles. The van der Waals surface area contributed by atoms with Crippen molar-refractivity contribution in [3.63, 3.8) is 0 Å². The number of phenolic OH excluding ortho intramolecular Hbond substituents is 1. The maximum atomic E-state index is 12.2. The van der Waals surface area contributed by atoms with Gasteiger partial charge in [0, 0.05) is 6.42 Å². The van der Waals surface area contributed by atoms with Gasteiger partial charge in [-0.2, -0.15) is 0 Å². The number of ketones is 1. The van der Waals surface area contributed by atoms with E-state index in [1.165, 1.54) is 4.80 Å². The number of aromatic nitrogens is 3. The first kappa shape index (κ1) is 22.7. The molecule has 0 fully saturated rings. The molecule has 164 valence electrons. The number of carbonyl (C=O) groups is 1. The van der Waals surface area contributed by atoms with E-state index in [1.807, 2.05) is 36.4 Å². The summed E-state index contributed by atoms with van der Waals surface area (Å²) in [6, 6.07) is 11.6. The first-order valence-corrected chi connectivity index (χ1v) is 10.7. The molecule has 1 aromatic heterocycles. The average Bonchev–Trinajstić information content (AvgIpc) is 3.08. The standard InChI is InChI=1S/C26H33N3O2/c1-17(2)23(30)13-12-18-14-19(26(6,7)16-25(3,4)5)15-22(24(18)31)29-27-20-10-8-9-11-21(20)28-29/h8-11,14-15,31H,1,12-13,16H2,2-7H3. The van der Waals surface area contributed by atoms with Gasteiger partial charge in [-0.15, -0.1) is 15.0 Å². The summed E-state index contributed by atoms with van der Waals surface area (Å²) in [6.45, 7) is 16.6. The minimum absolute atomic E-state index is 0.00302. The number of fused-ring (bicyclic) bond motifs is 1. The van der Waals surface area contributed by atoms with Gasteiger partial charge in [0.2, 0.25) is 0 Å². The quantitative estimate of drug-likeness (QED) is 0.483. The first-order chi connectivity index (χ1) is 14.4. The van der Waals surface area contributed by atoms with E-state index in [4.69, 9.17) is 0 Å². The number of nitrogens with zero attached hydrogens (tertiary/aromatic N) is 3. The Labute approximate surface area is 184 Å². The van der Waals surface area contributed by atoms with E-state index < -0.39 is 0 Å². The van der Waals surface area contributed by atoms with Crippen molar-refractivity contribution in [2.45, 2.75) is 66.2 Å². The van der Waals surface area contributed by atoms with E-state index in [-0.39, 0.29) is 22.4 Å². The summed E-state index contributed by atoms with van der Waals surface area (Å²) in [6.07, 6.45) is 1.70. The molecule has 0 aliphatic rings. The van der Waals surface area contributed by atoms with Gasteiger partial charge < -0.3 is 5.11 Å². The highest BCUT2D eigenvalue weighted by molar-refractivity contribution is 5.94. The van der Waals surface area contributed by atoms with Crippen LogP contribution in [0.15, 0.2) is 48.6 Å². The minimum atomic E-state index is -0.139. The number of hydrogen-bond donors (Lipinski definition) is 1. The van der Waals surface area contributed by atoms with Crippen LogP contribution in [0.25, 0.3) is 16.7 Å². The van der Waals surface area contributed by atoms with E-state index in [2.05, 4.69) is 51.4 Å². The molecule has 5 nitrogen and oxygen atoms in total. The fourth-order valence-corrected chi connectivity index (χ4v) is 4.27. The second-order valence-electron chi connectivity index (χ2n) is 10.3. The molecule has 0 saturated carbocycles. The van der Waals surface area contributed by atoms with Gasteiger partial charge in [0.1, 0.15) is 22.5 Å². The van der Waals surface area contributed by atoms with Gasteiger partial charge in [-0.3, -0.25) is 4.79 Å². The highest BCUT2D eigenvalue weighted by Crippen LogP contribution is 2.40. The normalized spacial score (nSPS) is 12.3. The van der Waals surface area contributed by atoms with Crippen molar-refractivity contribution >= 4 is 16.8 Å². The Balaban J connectivity index is 2.13. The number of rotatable bonds is 7. The highest BCUT2D eigenvalue weighted by Gasteiger charge is 2.29. The second kappa shape index (κ2) is 8.29. The van der Waals surface area contributed by atoms with Crippen LogP contribution in [0.4, 0.5) is 0 Å². The van der Waals surface area contributed by atoms with Crippen molar-refractivity contribution in [1.29, 1.82) is 0 Å². The molecule has 0 amide bonds. The zero-order valence-electron chi connectivity index (χ0n) is 19.5. The van der Waals surface area contributed by atoms with Gasteiger partial charge in [-0.05, 0) is 65.5 Å². The largest absolute Gasteiger partial charge is 0.505 e. The Kier molecular flexibility index (Phi) is 6.08. The van der Waals surface area contributed by atoms with Crippen LogP contribution in [0.5, 0.6) is 5.75 Å². The fourth-order valence-electron chi connectivity index (χ4n) is 4.27. The van der Waals surface area contributed by atoms with Gasteiger partial charge in [0.15, 0.2) is 5.78 Å². The molecule has 0 radical (unpaired) electrons. The van der Waals surface area contributed by atoms with Crippen LogP contribution in [-0.2, 0) is 16.6 Å². The molecule has 0 spiro atoms. The predicted octanol–water partition coefficient (Wildman–Crippen LogP) is 5.92. The Morgan fingerprint density at radius 1 is 1.06 bits per heavy atom. The van der Waals surface area contributed by atoms with Crippen LogP contribution in [0.3, 0.4) is 0 Å². The first-order valence-electron chi connectivity index (χ1n) is 10.7. The van der Waals surface area contributed by atoms with Gasteiger partial charge in [-0.25, -0.2) is 0 Å². The summed E-state index contributed by atoms with van der Waals surface area (Å²) in [5.41, 5.74) is 4.41. The Morgan fingerprint density at radius 2 is 1.65 bits per heavy atom. The Morgan fingerprint density at radius 3 is 2.16 bits per heavy atom. The molecule has 0 saturated heterocycles. The van der Waals surface area contributed by atoms with Crippen LogP contribution in [0.2, 0.25) is 0 Å². The van der Waals surface area contributed by atoms with Gasteiger partial charge in [0.05, 0.1) is 0 Å². The van der Waals surface area contributed by atoms with Crippen molar-refractivity contribution in [3.05, 3.63) is 59.7 Å². The molecular formula is C26H33N3O2. The van der Waals surface area contributed by atoms with Crippen LogP contribution in [-0.4, -0.2) is 25.9 Å². The van der Waals surface area contributed by atoms with E-state index in [0.717, 1.165) is 28.6 Å². The molecule has 2 aromatic carbocycles. The van der Waals surface area contributed by atoms with Crippen molar-refractivity contribution in [2.75, 3.05) is 0 Å². The lowest BCUT2D eigenvalue weighted by atomic mass is 9.72. The van der Waals surface area contributed by atoms with Crippen molar-refractivity contribution in [3.8, 4) is 11.4 Å². The summed E-state index contributed by atoms with van der Waals surface area (Å²) in [7, 11) is 0. The van der Waals surface area contributed by atoms with E-state index in [1.54, 1.807) is 6.92 Å². The third kappa shape index (κ3) is 5.22. The molecule has 0 unspecified atom stereocenters. The summed E-state index contributed by atoms with van der Waals surface area (Å²) < 4.78 is 0. The SMILES string of the molecule is C=C(C)C(=O)CCc1cc(C(C)(C)CC(C)(C)C)cc(-n2nc3ccccc3n2)c1O. The summed E-state index contributed by atoms with van der Waals surface area (Å²) in [5.74, 6) is 0.119. The molecule has 31 heavy (non-hydrogen) atoms. The smallest absolute Gasteiger partial charge is 0.158 e. The lowest BCUT2D eigenvalue weighted by Crippen LogP contribution is -2.25. The van der Waals surface area contributed by atoms with E-state index >= 15 is 0 Å². The second-order valence-corrected chi connectivity index (χ2v) is 10.3. The molecular weight excluding hydrogens is 386 g/mol. The molecule has 0 aliphatic heterocycles. The third-order valence-electron chi connectivity index (χ3n) is 5.52. The monoisotopic (exact) mass is 419 g/mol. The molecule has 3 rings (SSSR count). The van der Waals surface area contributed by atoms with Gasteiger partial charge in [0.25, 0.3) is 0 Å². The molecule has 1 heterocycles. The highest BCUT2D eigenvalue weighted by atomic mass is 16.3. The number of benzene rings is 2. The van der Waals surface area contributed by atoms with E-state index in [0.29, 0.717) is 24.1 Å². The molecule has 1 N–H and O–H groups in total. The Hall–Kier alpha value is -2.95. The van der Waals surface area contributed by atoms with Crippen LogP contribution >= 0.6 is 0 Å². The number of allylic oxidation sites excluding steroid dienone is 1. The summed E-state index contributed by atoms with van der Waals surface area (Å²) in [5, 5.41) is 20.2. The number of aryl methyl sites for hydroxylation is 1. The minimum Gasteiger partial charge on any atom is -0.505 e. The fraction of sp³-hybridized carbons (Fsp3) is 0.423. The Bertz CT molecular complexity index is 1100. The number of carbonyl (C=O) groups excluding carboxylic acids is 1. The average molecular weight is 420 g/mol. The summed E-state index contributed by atoms with van der Waals surface area (Å²) >= 11 is 0. The topological polar surface area (TPSA) is 68.0 Å².